The number of nitrogens with one attached hydrogen (secondary N) is 2. The molecule has 2 N–H and O–H groups in total. The Morgan fingerprint density at radius 2 is 2.00 bits per heavy atom. The van der Waals surface area contributed by atoms with Crippen molar-refractivity contribution in [2.45, 2.75) is 38.7 Å². The molecule has 5 heteroatoms. The Morgan fingerprint density at radius 1 is 1.29 bits per heavy atom. The molecule has 4 nitrogen and oxygen atoms in total. The predicted molar refractivity (Wildman–Crippen MR) is 98.3 cm³/mol. The molecule has 2 atom stereocenters. The van der Waals surface area contributed by atoms with Gasteiger partial charge in [-0.05, 0) is 49.8 Å². The number of ether oxygens (including phenoxy) is 1. The number of hydrogen-bond acceptors (Lipinski definition) is 3. The minimum absolute atomic E-state index is 0. The fourth-order valence-corrected chi connectivity index (χ4v) is 3.66. The number of halogens is 1. The normalized spacial score (nSPS) is 26.2. The first kappa shape index (κ1) is 19.2. The van der Waals surface area contributed by atoms with E-state index in [1.807, 2.05) is 18.2 Å². The van der Waals surface area contributed by atoms with Crippen LogP contribution in [0.4, 0.5) is 0 Å². The summed E-state index contributed by atoms with van der Waals surface area (Å²) in [6, 6.07) is 10.1. The van der Waals surface area contributed by atoms with E-state index in [4.69, 9.17) is 4.74 Å². The highest BCUT2D eigenvalue weighted by Crippen LogP contribution is 2.34. The minimum atomic E-state index is -0.106. The smallest absolute Gasteiger partial charge is 0.226 e. The molecule has 0 radical (unpaired) electrons. The molecule has 0 spiro atoms. The van der Waals surface area contributed by atoms with Gasteiger partial charge in [-0.25, -0.2) is 0 Å². The quantitative estimate of drug-likeness (QED) is 0.875. The van der Waals surface area contributed by atoms with Crippen LogP contribution >= 0.6 is 12.4 Å². The highest BCUT2D eigenvalue weighted by Gasteiger charge is 2.34. The van der Waals surface area contributed by atoms with E-state index in [1.165, 1.54) is 0 Å². The van der Waals surface area contributed by atoms with Crippen molar-refractivity contribution in [1.82, 2.24) is 10.6 Å². The van der Waals surface area contributed by atoms with Crippen LogP contribution < -0.4 is 10.6 Å². The van der Waals surface area contributed by atoms with Crippen molar-refractivity contribution >= 4 is 18.3 Å². The highest BCUT2D eigenvalue weighted by atomic mass is 35.5. The second kappa shape index (κ2) is 8.84. The van der Waals surface area contributed by atoms with Gasteiger partial charge in [0.15, 0.2) is 0 Å². The summed E-state index contributed by atoms with van der Waals surface area (Å²) in [5, 5.41) is 6.60. The standard InChI is InChI=1S/C19H28N2O2.ClH/c1-19(9-11-20-12-10-19)14-21-18(22)16-8-5-13-23-17(16)15-6-3-2-4-7-15;/h2-4,6-7,16-17,20H,5,8-14H2,1H3,(H,21,22);1H. The summed E-state index contributed by atoms with van der Waals surface area (Å²) in [5.74, 6) is 0.0785. The van der Waals surface area contributed by atoms with Gasteiger partial charge < -0.3 is 15.4 Å². The summed E-state index contributed by atoms with van der Waals surface area (Å²) in [5.41, 5.74) is 1.33. The number of benzene rings is 1. The maximum atomic E-state index is 12.8. The van der Waals surface area contributed by atoms with Gasteiger partial charge in [0.1, 0.15) is 0 Å². The molecule has 1 amide bonds. The van der Waals surface area contributed by atoms with Crippen LogP contribution in [-0.4, -0.2) is 32.1 Å². The molecule has 1 aromatic rings. The van der Waals surface area contributed by atoms with E-state index in [1.54, 1.807) is 0 Å². The summed E-state index contributed by atoms with van der Waals surface area (Å²) in [4.78, 5) is 12.8. The third-order valence-corrected chi connectivity index (χ3v) is 5.29. The molecule has 2 aliphatic heterocycles. The van der Waals surface area contributed by atoms with E-state index in [2.05, 4.69) is 29.7 Å². The van der Waals surface area contributed by atoms with Gasteiger partial charge in [0, 0.05) is 13.2 Å². The second-order valence-corrected chi connectivity index (χ2v) is 7.23. The van der Waals surface area contributed by atoms with Crippen LogP contribution in [0.25, 0.3) is 0 Å². The maximum Gasteiger partial charge on any atom is 0.226 e. The second-order valence-electron chi connectivity index (χ2n) is 7.23. The maximum absolute atomic E-state index is 12.8. The number of carbonyl (C=O) groups excluding carboxylic acids is 1. The molecule has 0 bridgehead atoms. The first-order chi connectivity index (χ1) is 11.2. The van der Waals surface area contributed by atoms with Gasteiger partial charge >= 0.3 is 0 Å². The molecule has 134 valence electrons. The van der Waals surface area contributed by atoms with Crippen molar-refractivity contribution < 1.29 is 9.53 Å². The number of rotatable bonds is 4. The van der Waals surface area contributed by atoms with Gasteiger partial charge in [0.2, 0.25) is 5.91 Å². The molecule has 2 unspecified atom stereocenters. The lowest BCUT2D eigenvalue weighted by molar-refractivity contribution is -0.135. The summed E-state index contributed by atoms with van der Waals surface area (Å²) >= 11 is 0. The molecular weight excluding hydrogens is 324 g/mol. The average Bonchev–Trinajstić information content (AvgIpc) is 2.61. The van der Waals surface area contributed by atoms with Crippen molar-refractivity contribution in [3.63, 3.8) is 0 Å². The van der Waals surface area contributed by atoms with Crippen LogP contribution in [0.15, 0.2) is 30.3 Å². The molecule has 0 saturated carbocycles. The molecule has 2 heterocycles. The van der Waals surface area contributed by atoms with Crippen molar-refractivity contribution in [2.24, 2.45) is 11.3 Å². The monoisotopic (exact) mass is 352 g/mol. The zero-order valence-corrected chi connectivity index (χ0v) is 15.2. The number of carbonyl (C=O) groups is 1. The molecule has 2 aliphatic rings. The Labute approximate surface area is 151 Å². The molecular formula is C19H29ClN2O2. The van der Waals surface area contributed by atoms with E-state index in [0.29, 0.717) is 0 Å². The van der Waals surface area contributed by atoms with Crippen LogP contribution in [0.1, 0.15) is 44.3 Å². The Balaban J connectivity index is 0.00000208. The lowest BCUT2D eigenvalue weighted by Gasteiger charge is -2.36. The lowest BCUT2D eigenvalue weighted by Crippen LogP contribution is -2.45. The summed E-state index contributed by atoms with van der Waals surface area (Å²) in [6.07, 6.45) is 4.00. The largest absolute Gasteiger partial charge is 0.373 e. The van der Waals surface area contributed by atoms with Crippen LogP contribution in [0.2, 0.25) is 0 Å². The molecule has 1 aromatic carbocycles. The number of hydrogen-bond donors (Lipinski definition) is 2. The SMILES string of the molecule is CC1(CNC(=O)C2CCCOC2c2ccccc2)CCNCC1.Cl. The Hall–Kier alpha value is -1.10. The first-order valence-electron chi connectivity index (χ1n) is 8.83. The molecule has 0 aromatic heterocycles. The number of piperidine rings is 1. The Morgan fingerprint density at radius 3 is 2.71 bits per heavy atom. The zero-order valence-electron chi connectivity index (χ0n) is 14.4. The van der Waals surface area contributed by atoms with Gasteiger partial charge in [-0.1, -0.05) is 37.3 Å². The van der Waals surface area contributed by atoms with E-state index < -0.39 is 0 Å². The van der Waals surface area contributed by atoms with Crippen molar-refractivity contribution in [3.05, 3.63) is 35.9 Å². The van der Waals surface area contributed by atoms with E-state index in [9.17, 15) is 4.79 Å². The zero-order chi connectivity index (χ0) is 16.1. The van der Waals surface area contributed by atoms with Crippen molar-refractivity contribution in [1.29, 1.82) is 0 Å². The van der Waals surface area contributed by atoms with E-state index in [-0.39, 0.29) is 35.8 Å². The highest BCUT2D eigenvalue weighted by molar-refractivity contribution is 5.85. The van der Waals surface area contributed by atoms with Crippen molar-refractivity contribution in [3.8, 4) is 0 Å². The average molecular weight is 353 g/mol. The summed E-state index contributed by atoms with van der Waals surface area (Å²) < 4.78 is 5.94. The van der Waals surface area contributed by atoms with E-state index >= 15 is 0 Å². The van der Waals surface area contributed by atoms with E-state index in [0.717, 1.165) is 57.5 Å². The van der Waals surface area contributed by atoms with Crippen LogP contribution in [0.5, 0.6) is 0 Å². The molecule has 2 saturated heterocycles. The van der Waals surface area contributed by atoms with Crippen LogP contribution in [0, 0.1) is 11.3 Å². The molecule has 24 heavy (non-hydrogen) atoms. The first-order valence-corrected chi connectivity index (χ1v) is 8.83. The lowest BCUT2D eigenvalue weighted by atomic mass is 9.80. The fraction of sp³-hybridized carbons (Fsp3) is 0.632. The topological polar surface area (TPSA) is 50.4 Å². The van der Waals surface area contributed by atoms with Crippen LogP contribution in [-0.2, 0) is 9.53 Å². The molecule has 3 rings (SSSR count). The number of amides is 1. The molecule has 2 fully saturated rings. The van der Waals surface area contributed by atoms with Gasteiger partial charge in [0.25, 0.3) is 0 Å². The van der Waals surface area contributed by atoms with Gasteiger partial charge in [-0.15, -0.1) is 12.4 Å². The third-order valence-electron chi connectivity index (χ3n) is 5.29. The third kappa shape index (κ3) is 4.71. The fourth-order valence-electron chi connectivity index (χ4n) is 3.66. The summed E-state index contributed by atoms with van der Waals surface area (Å²) in [6.45, 7) is 5.88. The van der Waals surface area contributed by atoms with Crippen molar-refractivity contribution in [2.75, 3.05) is 26.2 Å². The van der Waals surface area contributed by atoms with Gasteiger partial charge in [-0.3, -0.25) is 4.79 Å². The van der Waals surface area contributed by atoms with Gasteiger partial charge in [0.05, 0.1) is 12.0 Å². The van der Waals surface area contributed by atoms with Crippen LogP contribution in [0.3, 0.4) is 0 Å². The minimum Gasteiger partial charge on any atom is -0.373 e. The van der Waals surface area contributed by atoms with Gasteiger partial charge in [-0.2, -0.15) is 0 Å². The Bertz CT molecular complexity index is 517. The predicted octanol–water partition coefficient (Wildman–Crippen LogP) is 3.08. The Kier molecular flexibility index (Phi) is 7.08. The summed E-state index contributed by atoms with van der Waals surface area (Å²) in [7, 11) is 0. The molecule has 0 aliphatic carbocycles.